The molecule has 0 aliphatic carbocycles. The van der Waals surface area contributed by atoms with Crippen LogP contribution in [0.3, 0.4) is 0 Å². The van der Waals surface area contributed by atoms with Crippen LogP contribution in [-0.4, -0.2) is 4.92 Å². The normalized spacial score (nSPS) is 10.3. The van der Waals surface area contributed by atoms with Crippen molar-refractivity contribution in [1.29, 1.82) is 0 Å². The van der Waals surface area contributed by atoms with Gasteiger partial charge in [0.1, 0.15) is 5.82 Å². The highest BCUT2D eigenvalue weighted by atomic mass is 79.9. The van der Waals surface area contributed by atoms with Crippen molar-refractivity contribution < 1.29 is 9.31 Å². The molecular formula is C14H12BrFN2O2. The molecule has 2 rings (SSSR count). The van der Waals surface area contributed by atoms with Crippen LogP contribution in [0, 0.1) is 22.9 Å². The van der Waals surface area contributed by atoms with Crippen molar-refractivity contribution in [2.45, 2.75) is 13.5 Å². The molecular weight excluding hydrogens is 327 g/mol. The van der Waals surface area contributed by atoms with Gasteiger partial charge in [0.15, 0.2) is 0 Å². The van der Waals surface area contributed by atoms with Crippen LogP contribution in [-0.2, 0) is 6.54 Å². The molecule has 0 aromatic heterocycles. The van der Waals surface area contributed by atoms with Crippen molar-refractivity contribution in [2.24, 2.45) is 0 Å². The van der Waals surface area contributed by atoms with Gasteiger partial charge in [-0.1, -0.05) is 12.1 Å². The lowest BCUT2D eigenvalue weighted by atomic mass is 10.1. The number of benzene rings is 2. The monoisotopic (exact) mass is 338 g/mol. The van der Waals surface area contributed by atoms with E-state index in [9.17, 15) is 14.5 Å². The number of aryl methyl sites for hydroxylation is 1. The average molecular weight is 339 g/mol. The number of nitrogens with zero attached hydrogens (tertiary/aromatic N) is 1. The molecule has 2 aromatic rings. The first kappa shape index (κ1) is 14.5. The zero-order chi connectivity index (χ0) is 14.7. The number of nitro benzene ring substituents is 1. The van der Waals surface area contributed by atoms with Crippen molar-refractivity contribution in [2.75, 3.05) is 5.32 Å². The zero-order valence-electron chi connectivity index (χ0n) is 10.7. The molecule has 0 heterocycles. The van der Waals surface area contributed by atoms with E-state index in [2.05, 4.69) is 21.2 Å². The minimum absolute atomic E-state index is 0.0892. The molecule has 2 aromatic carbocycles. The number of nitro groups is 1. The summed E-state index contributed by atoms with van der Waals surface area (Å²) in [5, 5.41) is 13.9. The number of hydrogen-bond acceptors (Lipinski definition) is 3. The van der Waals surface area contributed by atoms with Crippen LogP contribution in [0.5, 0.6) is 0 Å². The molecule has 0 radical (unpaired) electrons. The van der Waals surface area contributed by atoms with Crippen LogP contribution in [0.1, 0.15) is 11.1 Å². The Balaban J connectivity index is 2.12. The summed E-state index contributed by atoms with van der Waals surface area (Å²) >= 11 is 3.08. The highest BCUT2D eigenvalue weighted by molar-refractivity contribution is 9.10. The quantitative estimate of drug-likeness (QED) is 0.663. The third kappa shape index (κ3) is 3.33. The molecule has 0 saturated carbocycles. The molecule has 0 aliphatic rings. The second-order valence-corrected chi connectivity index (χ2v) is 5.21. The minimum atomic E-state index is -0.405. The van der Waals surface area contributed by atoms with E-state index in [1.54, 1.807) is 25.1 Å². The van der Waals surface area contributed by atoms with E-state index >= 15 is 0 Å². The van der Waals surface area contributed by atoms with Crippen LogP contribution >= 0.6 is 15.9 Å². The summed E-state index contributed by atoms with van der Waals surface area (Å²) in [6, 6.07) is 9.75. The Morgan fingerprint density at radius 3 is 2.70 bits per heavy atom. The lowest BCUT2D eigenvalue weighted by Gasteiger charge is -2.08. The molecule has 104 valence electrons. The zero-order valence-corrected chi connectivity index (χ0v) is 12.3. The van der Waals surface area contributed by atoms with E-state index in [4.69, 9.17) is 0 Å². The summed E-state index contributed by atoms with van der Waals surface area (Å²) in [4.78, 5) is 10.5. The average Bonchev–Trinajstić information content (AvgIpc) is 2.41. The molecule has 0 bridgehead atoms. The summed E-state index contributed by atoms with van der Waals surface area (Å²) in [5.41, 5.74) is 2.10. The van der Waals surface area contributed by atoms with Crippen LogP contribution in [0.2, 0.25) is 0 Å². The van der Waals surface area contributed by atoms with Gasteiger partial charge in [0.2, 0.25) is 0 Å². The summed E-state index contributed by atoms with van der Waals surface area (Å²) in [6.07, 6.45) is 0. The highest BCUT2D eigenvalue weighted by Crippen LogP contribution is 2.22. The summed E-state index contributed by atoms with van der Waals surface area (Å²) in [6.45, 7) is 2.08. The lowest BCUT2D eigenvalue weighted by Crippen LogP contribution is -2.01. The third-order valence-corrected chi connectivity index (χ3v) is 3.53. The fourth-order valence-corrected chi connectivity index (χ4v) is 2.02. The van der Waals surface area contributed by atoms with Crippen molar-refractivity contribution in [3.8, 4) is 0 Å². The molecule has 0 atom stereocenters. The Hall–Kier alpha value is -1.95. The lowest BCUT2D eigenvalue weighted by molar-refractivity contribution is -0.385. The summed E-state index contributed by atoms with van der Waals surface area (Å²) in [7, 11) is 0. The summed E-state index contributed by atoms with van der Waals surface area (Å²) in [5.74, 6) is -0.357. The third-order valence-electron chi connectivity index (χ3n) is 2.89. The van der Waals surface area contributed by atoms with Crippen LogP contribution in [0.25, 0.3) is 0 Å². The molecule has 0 fully saturated rings. The molecule has 6 heteroatoms. The van der Waals surface area contributed by atoms with Gasteiger partial charge in [-0.15, -0.1) is 0 Å². The Morgan fingerprint density at radius 1 is 1.30 bits per heavy atom. The standard InChI is InChI=1S/C14H12BrFN2O2/c1-9-2-3-10(6-14(9)18(19)20)8-17-11-4-5-12(15)13(16)7-11/h2-7,17H,8H2,1H3. The van der Waals surface area contributed by atoms with Gasteiger partial charge >= 0.3 is 0 Å². The van der Waals surface area contributed by atoms with Gasteiger partial charge in [-0.2, -0.15) is 0 Å². The predicted molar refractivity (Wildman–Crippen MR) is 79.3 cm³/mol. The summed E-state index contributed by atoms with van der Waals surface area (Å²) < 4.78 is 13.7. The van der Waals surface area contributed by atoms with Crippen molar-refractivity contribution in [1.82, 2.24) is 0 Å². The van der Waals surface area contributed by atoms with E-state index in [1.807, 2.05) is 6.07 Å². The maximum Gasteiger partial charge on any atom is 0.272 e. The van der Waals surface area contributed by atoms with Gasteiger partial charge in [0, 0.05) is 23.9 Å². The fraction of sp³-hybridized carbons (Fsp3) is 0.143. The Morgan fingerprint density at radius 2 is 2.05 bits per heavy atom. The largest absolute Gasteiger partial charge is 0.381 e. The van der Waals surface area contributed by atoms with E-state index in [0.29, 0.717) is 22.3 Å². The molecule has 0 spiro atoms. The van der Waals surface area contributed by atoms with Crippen LogP contribution < -0.4 is 5.32 Å². The number of anilines is 1. The SMILES string of the molecule is Cc1ccc(CNc2ccc(Br)c(F)c2)cc1[N+](=O)[O-]. The van der Waals surface area contributed by atoms with Gasteiger partial charge in [-0.25, -0.2) is 4.39 Å². The van der Waals surface area contributed by atoms with Crippen LogP contribution in [0.4, 0.5) is 15.8 Å². The Bertz CT molecular complexity index is 662. The molecule has 0 amide bonds. The van der Waals surface area contributed by atoms with Crippen molar-refractivity contribution in [3.05, 3.63) is 67.9 Å². The first-order valence-electron chi connectivity index (χ1n) is 5.90. The minimum Gasteiger partial charge on any atom is -0.381 e. The molecule has 0 unspecified atom stereocenters. The van der Waals surface area contributed by atoms with Crippen molar-refractivity contribution >= 4 is 27.3 Å². The number of hydrogen-bond donors (Lipinski definition) is 1. The van der Waals surface area contributed by atoms with Gasteiger partial charge in [-0.05, 0) is 46.6 Å². The van der Waals surface area contributed by atoms with Gasteiger partial charge < -0.3 is 5.32 Å². The number of nitrogens with one attached hydrogen (secondary N) is 1. The molecule has 0 aliphatic heterocycles. The van der Waals surface area contributed by atoms with E-state index in [1.165, 1.54) is 12.1 Å². The Labute approximate surface area is 123 Å². The molecule has 4 nitrogen and oxygen atoms in total. The van der Waals surface area contributed by atoms with Gasteiger partial charge in [0.05, 0.1) is 9.40 Å². The van der Waals surface area contributed by atoms with E-state index in [0.717, 1.165) is 5.56 Å². The van der Waals surface area contributed by atoms with Gasteiger partial charge in [0.25, 0.3) is 5.69 Å². The maximum atomic E-state index is 13.4. The second kappa shape index (κ2) is 6.00. The van der Waals surface area contributed by atoms with Crippen molar-refractivity contribution in [3.63, 3.8) is 0 Å². The number of rotatable bonds is 4. The molecule has 1 N–H and O–H groups in total. The first-order valence-corrected chi connectivity index (χ1v) is 6.69. The molecule has 20 heavy (non-hydrogen) atoms. The van der Waals surface area contributed by atoms with E-state index in [-0.39, 0.29) is 11.5 Å². The molecule has 0 saturated heterocycles. The smallest absolute Gasteiger partial charge is 0.272 e. The topological polar surface area (TPSA) is 55.2 Å². The second-order valence-electron chi connectivity index (χ2n) is 4.36. The number of halogens is 2. The van der Waals surface area contributed by atoms with E-state index < -0.39 is 4.92 Å². The van der Waals surface area contributed by atoms with Crippen LogP contribution in [0.15, 0.2) is 40.9 Å². The Kier molecular flexibility index (Phi) is 4.34. The fourth-order valence-electron chi connectivity index (χ4n) is 1.77. The first-order chi connectivity index (χ1) is 9.47. The van der Waals surface area contributed by atoms with Gasteiger partial charge in [-0.3, -0.25) is 10.1 Å². The predicted octanol–water partition coefficient (Wildman–Crippen LogP) is 4.42. The highest BCUT2D eigenvalue weighted by Gasteiger charge is 2.10. The maximum absolute atomic E-state index is 13.4.